The Labute approximate surface area is 124 Å². The van der Waals surface area contributed by atoms with Gasteiger partial charge in [0.25, 0.3) is 0 Å². The van der Waals surface area contributed by atoms with Gasteiger partial charge in [-0.05, 0) is 36.2 Å². The van der Waals surface area contributed by atoms with E-state index >= 15 is 0 Å². The maximum absolute atomic E-state index is 13.7. The van der Waals surface area contributed by atoms with Crippen molar-refractivity contribution in [3.8, 4) is 0 Å². The summed E-state index contributed by atoms with van der Waals surface area (Å²) in [6.07, 6.45) is 0.914. The molecule has 0 radical (unpaired) electrons. The molecule has 0 aliphatic rings. The number of hydrogen-bond donors (Lipinski definition) is 1. The number of thiophene rings is 1. The molecule has 2 aromatic heterocycles. The van der Waals surface area contributed by atoms with Crippen molar-refractivity contribution in [3.05, 3.63) is 46.3 Å². The van der Waals surface area contributed by atoms with Gasteiger partial charge >= 0.3 is 0 Å². The first kappa shape index (κ1) is 13.3. The predicted octanol–water partition coefficient (Wildman–Crippen LogP) is 4.79. The Morgan fingerprint density at radius 3 is 2.85 bits per heavy atom. The first-order valence-corrected chi connectivity index (χ1v) is 7.34. The van der Waals surface area contributed by atoms with Crippen LogP contribution in [0.2, 0.25) is 5.28 Å². The molecule has 2 heterocycles. The van der Waals surface area contributed by atoms with Crippen LogP contribution in [0.1, 0.15) is 11.8 Å². The number of rotatable bonds is 3. The highest BCUT2D eigenvalue weighted by molar-refractivity contribution is 7.18. The van der Waals surface area contributed by atoms with Crippen molar-refractivity contribution in [3.63, 3.8) is 0 Å². The minimum absolute atomic E-state index is 0.154. The summed E-state index contributed by atoms with van der Waals surface area (Å²) in [6.45, 7) is 2.07. The molecule has 0 fully saturated rings. The Morgan fingerprint density at radius 1 is 1.30 bits per heavy atom. The Hall–Kier alpha value is -1.72. The third kappa shape index (κ3) is 2.46. The van der Waals surface area contributed by atoms with E-state index in [1.807, 2.05) is 6.07 Å². The van der Waals surface area contributed by atoms with Gasteiger partial charge in [0, 0.05) is 4.88 Å². The van der Waals surface area contributed by atoms with E-state index in [1.54, 1.807) is 29.5 Å². The molecule has 0 amide bonds. The van der Waals surface area contributed by atoms with Crippen LogP contribution >= 0.6 is 22.9 Å². The van der Waals surface area contributed by atoms with E-state index < -0.39 is 0 Å². The summed E-state index contributed by atoms with van der Waals surface area (Å²) in [5.41, 5.74) is 0.368. The molecule has 0 saturated carbocycles. The molecule has 3 aromatic rings. The van der Waals surface area contributed by atoms with E-state index in [1.165, 1.54) is 10.9 Å². The van der Waals surface area contributed by atoms with Crippen molar-refractivity contribution >= 4 is 44.7 Å². The van der Waals surface area contributed by atoms with E-state index in [0.29, 0.717) is 11.5 Å². The number of aryl methyl sites for hydroxylation is 1. The largest absolute Gasteiger partial charge is 0.337 e. The van der Waals surface area contributed by atoms with Gasteiger partial charge in [-0.25, -0.2) is 9.37 Å². The lowest BCUT2D eigenvalue weighted by atomic mass is 10.2. The highest BCUT2D eigenvalue weighted by Gasteiger charge is 2.12. The van der Waals surface area contributed by atoms with Crippen molar-refractivity contribution in [2.75, 3.05) is 5.32 Å². The molecule has 1 N–H and O–H groups in total. The van der Waals surface area contributed by atoms with Crippen molar-refractivity contribution in [2.24, 2.45) is 0 Å². The number of halogens is 2. The molecule has 102 valence electrons. The maximum atomic E-state index is 13.7. The number of fused-ring (bicyclic) bond motifs is 1. The highest BCUT2D eigenvalue weighted by Crippen LogP contribution is 2.32. The summed E-state index contributed by atoms with van der Waals surface area (Å²) in [7, 11) is 0. The number of benzene rings is 1. The van der Waals surface area contributed by atoms with Crippen LogP contribution in [-0.2, 0) is 6.42 Å². The van der Waals surface area contributed by atoms with Crippen LogP contribution in [0.4, 0.5) is 15.9 Å². The molecule has 3 rings (SSSR count). The molecule has 20 heavy (non-hydrogen) atoms. The summed E-state index contributed by atoms with van der Waals surface area (Å²) in [5.74, 6) is 0.197. The minimum Gasteiger partial charge on any atom is -0.337 e. The molecular weight excluding hydrogens is 297 g/mol. The molecular formula is C14H11ClFN3S. The summed E-state index contributed by atoms with van der Waals surface area (Å²) in [5, 5.41) is 4.00. The van der Waals surface area contributed by atoms with Crippen LogP contribution in [0.5, 0.6) is 0 Å². The monoisotopic (exact) mass is 307 g/mol. The zero-order valence-electron chi connectivity index (χ0n) is 10.7. The van der Waals surface area contributed by atoms with Gasteiger partial charge in [-0.3, -0.25) is 0 Å². The van der Waals surface area contributed by atoms with Crippen molar-refractivity contribution < 1.29 is 4.39 Å². The number of nitrogens with one attached hydrogen (secondary N) is 1. The van der Waals surface area contributed by atoms with Crippen molar-refractivity contribution in [2.45, 2.75) is 13.3 Å². The minimum atomic E-state index is -0.332. The molecule has 0 saturated heterocycles. The Bertz CT molecular complexity index is 772. The molecule has 0 bridgehead atoms. The van der Waals surface area contributed by atoms with Crippen molar-refractivity contribution in [1.82, 2.24) is 9.97 Å². The van der Waals surface area contributed by atoms with Gasteiger partial charge in [0.15, 0.2) is 0 Å². The zero-order chi connectivity index (χ0) is 14.1. The van der Waals surface area contributed by atoms with E-state index in [-0.39, 0.29) is 11.1 Å². The molecule has 3 nitrogen and oxygen atoms in total. The second-order valence-corrected chi connectivity index (χ2v) is 5.68. The molecule has 0 spiro atoms. The smallest absolute Gasteiger partial charge is 0.225 e. The number of para-hydroxylation sites is 1. The van der Waals surface area contributed by atoms with E-state index in [4.69, 9.17) is 11.6 Å². The van der Waals surface area contributed by atoms with E-state index in [0.717, 1.165) is 16.6 Å². The number of anilines is 2. The number of hydrogen-bond acceptors (Lipinski definition) is 4. The second kappa shape index (κ2) is 5.34. The fourth-order valence-corrected chi connectivity index (χ4v) is 3.09. The first-order valence-electron chi connectivity index (χ1n) is 6.15. The standard InChI is InChI=1S/C14H11ClFN3S/c1-2-8-7-9-12(18-14(15)19-13(9)20-8)17-11-6-4-3-5-10(11)16/h3-7H,2H2,1H3,(H,17,18,19). The summed E-state index contributed by atoms with van der Waals surface area (Å²) < 4.78 is 13.7. The Morgan fingerprint density at radius 2 is 2.10 bits per heavy atom. The fraction of sp³-hybridized carbons (Fsp3) is 0.143. The van der Waals surface area contributed by atoms with Gasteiger partial charge in [0.2, 0.25) is 5.28 Å². The van der Waals surface area contributed by atoms with Crippen LogP contribution < -0.4 is 5.32 Å². The zero-order valence-corrected chi connectivity index (χ0v) is 12.2. The van der Waals surface area contributed by atoms with Crippen LogP contribution in [0, 0.1) is 5.82 Å². The molecule has 6 heteroatoms. The Balaban J connectivity index is 2.11. The van der Waals surface area contributed by atoms with Gasteiger partial charge in [-0.1, -0.05) is 19.1 Å². The van der Waals surface area contributed by atoms with Gasteiger partial charge in [0.05, 0.1) is 11.1 Å². The summed E-state index contributed by atoms with van der Waals surface area (Å²) in [4.78, 5) is 10.4. The van der Waals surface area contributed by atoms with E-state index in [2.05, 4.69) is 22.2 Å². The van der Waals surface area contributed by atoms with Gasteiger partial charge in [-0.15, -0.1) is 11.3 Å². The summed E-state index contributed by atoms with van der Waals surface area (Å²) in [6, 6.07) is 8.47. The second-order valence-electron chi connectivity index (χ2n) is 4.23. The van der Waals surface area contributed by atoms with Gasteiger partial charge < -0.3 is 5.32 Å². The maximum Gasteiger partial charge on any atom is 0.225 e. The van der Waals surface area contributed by atoms with Crippen LogP contribution in [-0.4, -0.2) is 9.97 Å². The fourth-order valence-electron chi connectivity index (χ4n) is 1.90. The average molecular weight is 308 g/mol. The van der Waals surface area contributed by atoms with Crippen LogP contribution in [0.15, 0.2) is 30.3 Å². The van der Waals surface area contributed by atoms with Gasteiger partial charge in [0.1, 0.15) is 16.5 Å². The lowest BCUT2D eigenvalue weighted by Gasteiger charge is -2.07. The third-order valence-electron chi connectivity index (χ3n) is 2.89. The molecule has 0 atom stereocenters. The van der Waals surface area contributed by atoms with Crippen LogP contribution in [0.25, 0.3) is 10.2 Å². The third-order valence-corrected chi connectivity index (χ3v) is 4.23. The Kier molecular flexibility index (Phi) is 3.54. The first-order chi connectivity index (χ1) is 9.67. The molecule has 0 unspecified atom stereocenters. The SMILES string of the molecule is CCc1cc2c(Nc3ccccc3F)nc(Cl)nc2s1. The number of nitrogens with zero attached hydrogens (tertiary/aromatic N) is 2. The molecule has 1 aromatic carbocycles. The predicted molar refractivity (Wildman–Crippen MR) is 81.5 cm³/mol. The van der Waals surface area contributed by atoms with Gasteiger partial charge in [-0.2, -0.15) is 4.98 Å². The van der Waals surface area contributed by atoms with E-state index in [9.17, 15) is 4.39 Å². The lowest BCUT2D eigenvalue weighted by molar-refractivity contribution is 0.632. The molecule has 0 aliphatic carbocycles. The van der Waals surface area contributed by atoms with Crippen molar-refractivity contribution in [1.29, 1.82) is 0 Å². The lowest BCUT2D eigenvalue weighted by Crippen LogP contribution is -1.97. The number of aromatic nitrogens is 2. The quantitative estimate of drug-likeness (QED) is 0.707. The topological polar surface area (TPSA) is 37.8 Å². The molecule has 0 aliphatic heterocycles. The highest BCUT2D eigenvalue weighted by atomic mass is 35.5. The van der Waals surface area contributed by atoms with Crippen LogP contribution in [0.3, 0.4) is 0 Å². The normalized spacial score (nSPS) is 10.9. The average Bonchev–Trinajstić information content (AvgIpc) is 2.84. The summed E-state index contributed by atoms with van der Waals surface area (Å²) >= 11 is 7.50.